The zero-order valence-electron chi connectivity index (χ0n) is 11.8. The Bertz CT molecular complexity index is 428. The van der Waals surface area contributed by atoms with Gasteiger partial charge in [-0.2, -0.15) is 0 Å². The molecule has 0 aliphatic carbocycles. The first kappa shape index (κ1) is 14.7. The van der Waals surface area contributed by atoms with Gasteiger partial charge in [-0.05, 0) is 45.4 Å². The lowest BCUT2D eigenvalue weighted by Gasteiger charge is -2.27. The quantitative estimate of drug-likeness (QED) is 0.914. The van der Waals surface area contributed by atoms with Gasteiger partial charge in [-0.25, -0.2) is 0 Å². The first-order valence-corrected chi connectivity index (χ1v) is 7.66. The Hall–Kier alpha value is -0.740. The Labute approximate surface area is 123 Å². The highest BCUT2D eigenvalue weighted by atomic mass is 79.9. The van der Waals surface area contributed by atoms with Crippen molar-refractivity contribution >= 4 is 15.9 Å². The molecule has 1 aliphatic heterocycles. The number of hydrogen-bond acceptors (Lipinski definition) is 3. The molecule has 1 aliphatic rings. The zero-order valence-corrected chi connectivity index (χ0v) is 13.4. The van der Waals surface area contributed by atoms with E-state index in [1.165, 1.54) is 18.4 Å². The lowest BCUT2D eigenvalue weighted by molar-refractivity contribution is 0.225. The van der Waals surface area contributed by atoms with Crippen molar-refractivity contribution in [2.45, 2.75) is 38.7 Å². The maximum Gasteiger partial charge on any atom is 0.165 e. The van der Waals surface area contributed by atoms with Crippen molar-refractivity contribution in [1.29, 1.82) is 0 Å². The van der Waals surface area contributed by atoms with Gasteiger partial charge in [-0.1, -0.05) is 15.9 Å². The Balaban J connectivity index is 2.40. The number of rotatable bonds is 4. The second kappa shape index (κ2) is 6.62. The smallest absolute Gasteiger partial charge is 0.165 e. The summed E-state index contributed by atoms with van der Waals surface area (Å²) in [5.74, 6) is 2.20. The molecule has 0 saturated carbocycles. The molecule has 0 radical (unpaired) electrons. The van der Waals surface area contributed by atoms with Crippen LogP contribution in [-0.2, 0) is 0 Å². The normalized spacial score (nSPS) is 19.5. The van der Waals surface area contributed by atoms with Crippen molar-refractivity contribution in [2.75, 3.05) is 20.2 Å². The Morgan fingerprint density at radius 2 is 2.16 bits per heavy atom. The highest BCUT2D eigenvalue weighted by molar-refractivity contribution is 9.10. The summed E-state index contributed by atoms with van der Waals surface area (Å²) in [4.78, 5) is 0. The third-order valence-corrected chi connectivity index (χ3v) is 3.82. The van der Waals surface area contributed by atoms with E-state index in [1.807, 2.05) is 19.9 Å². The second-order valence-corrected chi connectivity index (χ2v) is 6.15. The summed E-state index contributed by atoms with van der Waals surface area (Å²) in [5.41, 5.74) is 1.24. The van der Waals surface area contributed by atoms with E-state index < -0.39 is 0 Å². The predicted molar refractivity (Wildman–Crippen MR) is 81.3 cm³/mol. The minimum Gasteiger partial charge on any atom is -0.493 e. The summed E-state index contributed by atoms with van der Waals surface area (Å²) in [5, 5.41) is 3.46. The van der Waals surface area contributed by atoms with Crippen LogP contribution in [0.2, 0.25) is 0 Å². The van der Waals surface area contributed by atoms with E-state index in [9.17, 15) is 0 Å². The van der Waals surface area contributed by atoms with E-state index >= 15 is 0 Å². The molecule has 0 aromatic heterocycles. The maximum absolute atomic E-state index is 6.00. The van der Waals surface area contributed by atoms with Gasteiger partial charge >= 0.3 is 0 Å². The number of piperidine rings is 1. The first-order valence-electron chi connectivity index (χ1n) is 6.86. The molecule has 1 aromatic carbocycles. The van der Waals surface area contributed by atoms with Crippen molar-refractivity contribution in [2.24, 2.45) is 0 Å². The van der Waals surface area contributed by atoms with Crippen LogP contribution in [0.3, 0.4) is 0 Å². The Kier molecular flexibility index (Phi) is 5.11. The molecule has 1 atom stereocenters. The molecule has 2 rings (SSSR count). The molecule has 106 valence electrons. The van der Waals surface area contributed by atoms with Crippen LogP contribution >= 0.6 is 15.9 Å². The second-order valence-electron chi connectivity index (χ2n) is 5.24. The molecular formula is C15H22BrNO2. The van der Waals surface area contributed by atoms with Gasteiger partial charge in [0.25, 0.3) is 0 Å². The average Bonchev–Trinajstić information content (AvgIpc) is 2.40. The summed E-state index contributed by atoms with van der Waals surface area (Å²) in [6.07, 6.45) is 2.55. The molecule has 1 aromatic rings. The van der Waals surface area contributed by atoms with Crippen LogP contribution in [0.4, 0.5) is 0 Å². The fourth-order valence-electron chi connectivity index (χ4n) is 2.52. The van der Waals surface area contributed by atoms with Crippen molar-refractivity contribution in [3.63, 3.8) is 0 Å². The molecule has 1 heterocycles. The third kappa shape index (κ3) is 3.63. The molecular weight excluding hydrogens is 306 g/mol. The van der Waals surface area contributed by atoms with Crippen molar-refractivity contribution in [3.05, 3.63) is 22.2 Å². The predicted octanol–water partition coefficient (Wildman–Crippen LogP) is 3.71. The molecule has 3 nitrogen and oxygen atoms in total. The van der Waals surface area contributed by atoms with Gasteiger partial charge < -0.3 is 14.8 Å². The summed E-state index contributed by atoms with van der Waals surface area (Å²) in [6, 6.07) is 4.13. The number of halogens is 1. The van der Waals surface area contributed by atoms with Crippen molar-refractivity contribution < 1.29 is 9.47 Å². The van der Waals surface area contributed by atoms with Gasteiger partial charge in [0.05, 0.1) is 13.2 Å². The van der Waals surface area contributed by atoms with E-state index in [-0.39, 0.29) is 6.10 Å². The topological polar surface area (TPSA) is 30.5 Å². The number of ether oxygens (including phenoxy) is 2. The zero-order chi connectivity index (χ0) is 13.8. The van der Waals surface area contributed by atoms with Crippen LogP contribution < -0.4 is 14.8 Å². The fraction of sp³-hybridized carbons (Fsp3) is 0.600. The van der Waals surface area contributed by atoms with Gasteiger partial charge in [-0.15, -0.1) is 0 Å². The van der Waals surface area contributed by atoms with Gasteiger partial charge in [0.15, 0.2) is 11.5 Å². The van der Waals surface area contributed by atoms with E-state index in [1.54, 1.807) is 7.11 Å². The number of hydrogen-bond donors (Lipinski definition) is 1. The van der Waals surface area contributed by atoms with E-state index in [2.05, 4.69) is 27.3 Å². The summed E-state index contributed by atoms with van der Waals surface area (Å²) in [7, 11) is 1.69. The average molecular weight is 328 g/mol. The van der Waals surface area contributed by atoms with Crippen LogP contribution in [0.1, 0.15) is 38.2 Å². The molecule has 0 amide bonds. The molecule has 1 fully saturated rings. The third-order valence-electron chi connectivity index (χ3n) is 3.36. The number of methoxy groups -OCH3 is 1. The monoisotopic (exact) mass is 327 g/mol. The largest absolute Gasteiger partial charge is 0.493 e. The molecule has 1 N–H and O–H groups in total. The Morgan fingerprint density at radius 3 is 2.74 bits per heavy atom. The van der Waals surface area contributed by atoms with Gasteiger partial charge in [0.1, 0.15) is 0 Å². The molecule has 1 saturated heterocycles. The molecule has 0 bridgehead atoms. The van der Waals surface area contributed by atoms with E-state index in [0.717, 1.165) is 29.1 Å². The molecule has 4 heteroatoms. The maximum atomic E-state index is 6.00. The SMILES string of the molecule is COc1cc(Br)cc(C2CCCNC2)c1OC(C)C. The molecule has 0 spiro atoms. The summed E-state index contributed by atoms with van der Waals surface area (Å²) in [6.45, 7) is 6.21. The van der Waals surface area contributed by atoms with Crippen LogP contribution in [0.25, 0.3) is 0 Å². The lowest BCUT2D eigenvalue weighted by atomic mass is 9.90. The van der Waals surface area contributed by atoms with Crippen LogP contribution in [0.5, 0.6) is 11.5 Å². The molecule has 19 heavy (non-hydrogen) atoms. The minimum absolute atomic E-state index is 0.144. The van der Waals surface area contributed by atoms with Gasteiger partial charge in [0.2, 0.25) is 0 Å². The summed E-state index contributed by atoms with van der Waals surface area (Å²) >= 11 is 3.56. The standard InChI is InChI=1S/C15H22BrNO2/c1-10(2)19-15-13(11-5-4-6-17-9-11)7-12(16)8-14(15)18-3/h7-8,10-11,17H,4-6,9H2,1-3H3. The fourth-order valence-corrected chi connectivity index (χ4v) is 2.98. The number of nitrogens with one attached hydrogen (secondary N) is 1. The van der Waals surface area contributed by atoms with Crippen molar-refractivity contribution in [1.82, 2.24) is 5.32 Å². The van der Waals surface area contributed by atoms with Crippen LogP contribution in [-0.4, -0.2) is 26.3 Å². The lowest BCUT2D eigenvalue weighted by Crippen LogP contribution is -2.28. The summed E-state index contributed by atoms with van der Waals surface area (Å²) < 4.78 is 12.5. The first-order chi connectivity index (χ1) is 9.11. The Morgan fingerprint density at radius 1 is 1.37 bits per heavy atom. The molecule has 1 unspecified atom stereocenters. The van der Waals surface area contributed by atoms with Gasteiger partial charge in [0, 0.05) is 22.5 Å². The minimum atomic E-state index is 0.144. The van der Waals surface area contributed by atoms with Crippen LogP contribution in [0.15, 0.2) is 16.6 Å². The highest BCUT2D eigenvalue weighted by Gasteiger charge is 2.23. The number of benzene rings is 1. The van der Waals surface area contributed by atoms with E-state index in [0.29, 0.717) is 5.92 Å². The van der Waals surface area contributed by atoms with Crippen LogP contribution in [0, 0.1) is 0 Å². The highest BCUT2D eigenvalue weighted by Crippen LogP contribution is 2.41. The van der Waals surface area contributed by atoms with E-state index in [4.69, 9.17) is 9.47 Å². The van der Waals surface area contributed by atoms with Crippen molar-refractivity contribution in [3.8, 4) is 11.5 Å². The van der Waals surface area contributed by atoms with Gasteiger partial charge in [-0.3, -0.25) is 0 Å².